The van der Waals surface area contributed by atoms with Crippen molar-refractivity contribution in [1.82, 2.24) is 0 Å². The van der Waals surface area contributed by atoms with Gasteiger partial charge in [-0.2, -0.15) is 0 Å². The van der Waals surface area contributed by atoms with Crippen LogP contribution in [0.15, 0.2) is 40.5 Å². The lowest BCUT2D eigenvalue weighted by Crippen LogP contribution is -2.39. The van der Waals surface area contributed by atoms with Crippen LogP contribution >= 0.6 is 0 Å². The minimum atomic E-state index is -0.394. The molecular weight excluding hydrogens is 318 g/mol. The first-order chi connectivity index (χ1) is 12.1. The van der Waals surface area contributed by atoms with Crippen molar-refractivity contribution < 1.29 is 19.1 Å². The summed E-state index contributed by atoms with van der Waals surface area (Å²) in [5, 5.41) is 0. The van der Waals surface area contributed by atoms with Gasteiger partial charge >= 0.3 is 5.97 Å². The number of methoxy groups -OCH3 is 1. The number of Topliss-reactive ketones (excluding diaryl/α,β-unsaturated/α-hetero) is 1. The van der Waals surface area contributed by atoms with Crippen molar-refractivity contribution in [3.8, 4) is 5.75 Å². The number of allylic oxidation sites excluding steroid dienone is 1. The highest BCUT2D eigenvalue weighted by Gasteiger charge is 2.43. The molecule has 1 aromatic rings. The number of hydrogen-bond acceptors (Lipinski definition) is 5. The van der Waals surface area contributed by atoms with Crippen molar-refractivity contribution in [1.29, 1.82) is 0 Å². The van der Waals surface area contributed by atoms with Crippen molar-refractivity contribution in [3.05, 3.63) is 41.1 Å². The molecule has 5 heteroatoms. The van der Waals surface area contributed by atoms with E-state index in [4.69, 9.17) is 9.47 Å². The van der Waals surface area contributed by atoms with Crippen LogP contribution in [0.3, 0.4) is 0 Å². The van der Waals surface area contributed by atoms with Crippen molar-refractivity contribution >= 4 is 17.5 Å². The number of ketones is 1. The van der Waals surface area contributed by atoms with E-state index in [1.54, 1.807) is 14.0 Å². The third-order valence-corrected chi connectivity index (χ3v) is 4.86. The fraction of sp³-hybridized carbons (Fsp3) is 0.450. The van der Waals surface area contributed by atoms with E-state index < -0.39 is 5.97 Å². The molecule has 0 aromatic heterocycles. The van der Waals surface area contributed by atoms with Crippen molar-refractivity contribution in [3.63, 3.8) is 0 Å². The van der Waals surface area contributed by atoms with Crippen LogP contribution in [0.25, 0.3) is 0 Å². The number of carbonyl (C=O) groups excluding carboxylic acids is 2. The number of nitrogens with zero attached hydrogens (tertiary/aromatic N) is 1. The highest BCUT2D eigenvalue weighted by Crippen LogP contribution is 2.43. The summed E-state index contributed by atoms with van der Waals surface area (Å²) in [5.41, 5.74) is 2.90. The van der Waals surface area contributed by atoms with E-state index in [2.05, 4.69) is 4.99 Å². The Morgan fingerprint density at radius 1 is 1.28 bits per heavy atom. The quantitative estimate of drug-likeness (QED) is 0.787. The van der Waals surface area contributed by atoms with Crippen LogP contribution in [0, 0.1) is 5.92 Å². The lowest BCUT2D eigenvalue weighted by molar-refractivity contribution is -0.139. The maximum atomic E-state index is 12.7. The van der Waals surface area contributed by atoms with Gasteiger partial charge in [0.25, 0.3) is 0 Å². The van der Waals surface area contributed by atoms with Crippen LogP contribution in [-0.2, 0) is 14.3 Å². The van der Waals surface area contributed by atoms with Crippen LogP contribution in [0.4, 0.5) is 0 Å². The van der Waals surface area contributed by atoms with E-state index in [0.717, 1.165) is 24.1 Å². The first-order valence-corrected chi connectivity index (χ1v) is 8.68. The normalized spacial score (nSPS) is 23.0. The average molecular weight is 341 g/mol. The fourth-order valence-corrected chi connectivity index (χ4v) is 3.79. The van der Waals surface area contributed by atoms with Gasteiger partial charge in [-0.25, -0.2) is 4.79 Å². The van der Waals surface area contributed by atoms with Gasteiger partial charge in [-0.1, -0.05) is 12.1 Å². The fourth-order valence-electron chi connectivity index (χ4n) is 3.79. The van der Waals surface area contributed by atoms with Gasteiger partial charge < -0.3 is 9.47 Å². The average Bonchev–Trinajstić information content (AvgIpc) is 2.61. The lowest BCUT2D eigenvalue weighted by Gasteiger charge is -2.35. The third-order valence-electron chi connectivity index (χ3n) is 4.86. The van der Waals surface area contributed by atoms with Crippen molar-refractivity contribution in [2.75, 3.05) is 13.7 Å². The Morgan fingerprint density at radius 2 is 2.08 bits per heavy atom. The van der Waals surface area contributed by atoms with Crippen LogP contribution in [-0.4, -0.2) is 31.2 Å². The number of ether oxygens (including phenoxy) is 2. The minimum Gasteiger partial charge on any atom is -0.497 e. The first kappa shape index (κ1) is 17.4. The smallest absolute Gasteiger partial charge is 0.336 e. The van der Waals surface area contributed by atoms with Gasteiger partial charge in [0, 0.05) is 23.7 Å². The number of fused-ring (bicyclic) bond motifs is 1. The van der Waals surface area contributed by atoms with E-state index in [1.807, 2.05) is 31.2 Å². The van der Waals surface area contributed by atoms with Gasteiger partial charge in [0.1, 0.15) is 11.5 Å². The summed E-state index contributed by atoms with van der Waals surface area (Å²) in [4.78, 5) is 29.9. The van der Waals surface area contributed by atoms with E-state index in [9.17, 15) is 9.59 Å². The van der Waals surface area contributed by atoms with E-state index in [0.29, 0.717) is 23.4 Å². The van der Waals surface area contributed by atoms with Crippen molar-refractivity contribution in [2.24, 2.45) is 10.9 Å². The zero-order valence-corrected chi connectivity index (χ0v) is 14.9. The number of benzene rings is 1. The van der Waals surface area contributed by atoms with E-state index in [-0.39, 0.29) is 24.2 Å². The maximum Gasteiger partial charge on any atom is 0.336 e. The predicted molar refractivity (Wildman–Crippen MR) is 94.9 cm³/mol. The molecule has 0 spiro atoms. The summed E-state index contributed by atoms with van der Waals surface area (Å²) in [6, 6.07) is 7.56. The summed E-state index contributed by atoms with van der Waals surface area (Å²) in [5.74, 6) is -0.301. The van der Waals surface area contributed by atoms with Gasteiger partial charge in [-0.15, -0.1) is 0 Å². The van der Waals surface area contributed by atoms with Gasteiger partial charge in [0.15, 0.2) is 0 Å². The molecule has 2 atom stereocenters. The largest absolute Gasteiger partial charge is 0.497 e. The van der Waals surface area contributed by atoms with Gasteiger partial charge in [0.05, 0.1) is 25.2 Å². The number of hydrogen-bond donors (Lipinski definition) is 0. The Balaban J connectivity index is 2.15. The zero-order chi connectivity index (χ0) is 18.0. The maximum absolute atomic E-state index is 12.7. The number of rotatable bonds is 4. The number of aliphatic imine (C=N–C) groups is 1. The molecule has 2 aliphatic rings. The molecule has 5 nitrogen and oxygen atoms in total. The second kappa shape index (κ2) is 7.21. The molecule has 0 unspecified atom stereocenters. The Bertz CT molecular complexity index is 763. The monoisotopic (exact) mass is 341 g/mol. The highest BCUT2D eigenvalue weighted by molar-refractivity contribution is 6.11. The summed E-state index contributed by atoms with van der Waals surface area (Å²) < 4.78 is 10.6. The van der Waals surface area contributed by atoms with Gasteiger partial charge in [-0.3, -0.25) is 9.79 Å². The van der Waals surface area contributed by atoms with Crippen LogP contribution in [0.2, 0.25) is 0 Å². The molecule has 1 aromatic carbocycles. The van der Waals surface area contributed by atoms with E-state index >= 15 is 0 Å². The Kier molecular flexibility index (Phi) is 5.02. The standard InChI is InChI=1S/C20H23NO4/c1-4-25-20(23)17-12(2)21-15-9-6-10-16(22)19(15)18(17)13-7-5-8-14(11-13)24-3/h5,7-8,11,18-19H,4,6,9-10H2,1-3H3/t18-,19-/m1/s1. The molecule has 25 heavy (non-hydrogen) atoms. The molecule has 1 saturated carbocycles. The molecule has 3 rings (SSSR count). The third kappa shape index (κ3) is 3.23. The Hall–Kier alpha value is -2.43. The predicted octanol–water partition coefficient (Wildman–Crippen LogP) is 3.44. The van der Waals surface area contributed by atoms with Crippen LogP contribution in [0.1, 0.15) is 44.6 Å². The molecule has 0 amide bonds. The summed E-state index contributed by atoms with van der Waals surface area (Å²) in [6.07, 6.45) is 2.14. The Morgan fingerprint density at radius 3 is 2.80 bits per heavy atom. The van der Waals surface area contributed by atoms with Crippen molar-refractivity contribution in [2.45, 2.75) is 39.0 Å². The number of carbonyl (C=O) groups is 2. The Labute approximate surface area is 147 Å². The second-order valence-electron chi connectivity index (χ2n) is 6.37. The topological polar surface area (TPSA) is 65.0 Å². The molecule has 0 radical (unpaired) electrons. The summed E-state index contributed by atoms with van der Waals surface area (Å²) >= 11 is 0. The molecule has 1 fully saturated rings. The lowest BCUT2D eigenvalue weighted by atomic mass is 9.69. The summed E-state index contributed by atoms with van der Waals surface area (Å²) in [6.45, 7) is 3.88. The molecular formula is C20H23NO4. The van der Waals surface area contributed by atoms with Gasteiger partial charge in [0.2, 0.25) is 0 Å². The zero-order valence-electron chi connectivity index (χ0n) is 14.9. The van der Waals surface area contributed by atoms with Gasteiger partial charge in [-0.05, 0) is 44.4 Å². The SMILES string of the molecule is CCOC(=O)C1=C(C)N=C2CCCC(=O)[C@@H]2[C@@H]1c1cccc(OC)c1. The second-order valence-corrected chi connectivity index (χ2v) is 6.37. The summed E-state index contributed by atoms with van der Waals surface area (Å²) in [7, 11) is 1.60. The molecule has 132 valence electrons. The first-order valence-electron chi connectivity index (χ1n) is 8.68. The minimum absolute atomic E-state index is 0.145. The van der Waals surface area contributed by atoms with Crippen LogP contribution < -0.4 is 4.74 Å². The molecule has 0 saturated heterocycles. The molecule has 0 bridgehead atoms. The molecule has 1 aliphatic carbocycles. The van der Waals surface area contributed by atoms with E-state index in [1.165, 1.54) is 0 Å². The number of esters is 1. The van der Waals surface area contributed by atoms with Crippen LogP contribution in [0.5, 0.6) is 5.75 Å². The molecule has 1 aliphatic heterocycles. The molecule has 1 heterocycles. The molecule has 0 N–H and O–H groups in total. The highest BCUT2D eigenvalue weighted by atomic mass is 16.5.